The van der Waals surface area contributed by atoms with Crippen molar-refractivity contribution in [3.8, 4) is 0 Å². The molecule has 0 fully saturated rings. The summed E-state index contributed by atoms with van der Waals surface area (Å²) in [5, 5.41) is 9.51. The first-order valence-electron chi connectivity index (χ1n) is 5.40. The predicted octanol–water partition coefficient (Wildman–Crippen LogP) is 2.70. The largest absolute Gasteiger partial charge is 0.387 e. The lowest BCUT2D eigenvalue weighted by Crippen LogP contribution is -2.11. The van der Waals surface area contributed by atoms with Crippen molar-refractivity contribution in [3.05, 3.63) is 60.7 Å². The highest BCUT2D eigenvalue weighted by atomic mass is 16.5. The molecule has 1 atom stereocenters. The average Bonchev–Trinajstić information content (AvgIpc) is 2.31. The van der Waals surface area contributed by atoms with Crippen LogP contribution in [0.15, 0.2) is 55.1 Å². The van der Waals surface area contributed by atoms with Gasteiger partial charge in [-0.05, 0) is 12.0 Å². The number of benzene rings is 1. The molecule has 0 unspecified atom stereocenters. The lowest BCUT2D eigenvalue weighted by atomic mass is 10.2. The molecule has 0 aliphatic heterocycles. The van der Waals surface area contributed by atoms with Gasteiger partial charge in [0, 0.05) is 0 Å². The first-order valence-corrected chi connectivity index (χ1v) is 5.40. The number of rotatable bonds is 7. The van der Waals surface area contributed by atoms with Gasteiger partial charge in [0.25, 0.3) is 0 Å². The zero-order valence-corrected chi connectivity index (χ0v) is 9.38. The second-order valence-electron chi connectivity index (χ2n) is 3.52. The Morgan fingerprint density at radius 2 is 2.06 bits per heavy atom. The Hall–Kier alpha value is -1.38. The highest BCUT2D eigenvalue weighted by Gasteiger charge is 1.98. The molecule has 0 radical (unpaired) electrons. The minimum Gasteiger partial charge on any atom is -0.387 e. The van der Waals surface area contributed by atoms with Gasteiger partial charge in [-0.15, -0.1) is 6.58 Å². The summed E-state index contributed by atoms with van der Waals surface area (Å²) in [6.07, 6.45) is 5.63. The standard InChI is InChI=1S/C14H18O2/c1-2-3-5-10-14(15)12-16-11-13-8-6-4-7-9-13/h2,4-10,14-15H,1,3,11-12H2/b10-5+/t14-/m1/s1. The Bertz CT molecular complexity index is 317. The molecule has 16 heavy (non-hydrogen) atoms. The Morgan fingerprint density at radius 1 is 1.31 bits per heavy atom. The van der Waals surface area contributed by atoms with Crippen molar-refractivity contribution in [3.63, 3.8) is 0 Å². The van der Waals surface area contributed by atoms with Crippen LogP contribution in [0.3, 0.4) is 0 Å². The highest BCUT2D eigenvalue weighted by molar-refractivity contribution is 5.13. The van der Waals surface area contributed by atoms with E-state index in [4.69, 9.17) is 4.74 Å². The third-order valence-corrected chi connectivity index (χ3v) is 2.06. The third-order valence-electron chi connectivity index (χ3n) is 2.06. The molecule has 0 saturated carbocycles. The molecule has 0 bridgehead atoms. The summed E-state index contributed by atoms with van der Waals surface area (Å²) < 4.78 is 5.39. The topological polar surface area (TPSA) is 29.5 Å². The van der Waals surface area contributed by atoms with Crippen molar-refractivity contribution >= 4 is 0 Å². The zero-order valence-electron chi connectivity index (χ0n) is 9.38. The summed E-state index contributed by atoms with van der Waals surface area (Å²) in [5.41, 5.74) is 1.12. The Balaban J connectivity index is 2.18. The quantitative estimate of drug-likeness (QED) is 0.713. The molecule has 1 aromatic carbocycles. The molecular weight excluding hydrogens is 200 g/mol. The molecule has 0 aromatic heterocycles. The van der Waals surface area contributed by atoms with Gasteiger partial charge in [-0.1, -0.05) is 48.6 Å². The number of aliphatic hydroxyl groups excluding tert-OH is 1. The summed E-state index contributed by atoms with van der Waals surface area (Å²) in [6, 6.07) is 9.91. The maximum atomic E-state index is 9.51. The van der Waals surface area contributed by atoms with E-state index in [1.54, 1.807) is 12.2 Å². The summed E-state index contributed by atoms with van der Waals surface area (Å²) in [7, 11) is 0. The van der Waals surface area contributed by atoms with E-state index in [1.807, 2.05) is 36.4 Å². The van der Waals surface area contributed by atoms with Crippen LogP contribution >= 0.6 is 0 Å². The van der Waals surface area contributed by atoms with Crippen molar-refractivity contribution in [1.29, 1.82) is 0 Å². The molecule has 0 spiro atoms. The number of allylic oxidation sites excluding steroid dienone is 2. The second kappa shape index (κ2) is 7.85. The van der Waals surface area contributed by atoms with Crippen LogP contribution in [0.5, 0.6) is 0 Å². The molecule has 0 aliphatic carbocycles. The van der Waals surface area contributed by atoms with Crippen LogP contribution in [-0.2, 0) is 11.3 Å². The van der Waals surface area contributed by atoms with Crippen LogP contribution in [0.2, 0.25) is 0 Å². The van der Waals surface area contributed by atoms with Gasteiger partial charge in [0.15, 0.2) is 0 Å². The van der Waals surface area contributed by atoms with Crippen molar-refractivity contribution in [2.45, 2.75) is 19.1 Å². The van der Waals surface area contributed by atoms with Crippen molar-refractivity contribution in [2.75, 3.05) is 6.61 Å². The zero-order chi connectivity index (χ0) is 11.6. The van der Waals surface area contributed by atoms with Gasteiger partial charge >= 0.3 is 0 Å². The molecule has 1 rings (SSSR count). The first kappa shape index (κ1) is 12.7. The van der Waals surface area contributed by atoms with Crippen molar-refractivity contribution in [2.24, 2.45) is 0 Å². The summed E-state index contributed by atoms with van der Waals surface area (Å²) in [5.74, 6) is 0. The summed E-state index contributed by atoms with van der Waals surface area (Å²) >= 11 is 0. The summed E-state index contributed by atoms with van der Waals surface area (Å²) in [6.45, 7) is 4.45. The maximum Gasteiger partial charge on any atom is 0.0954 e. The van der Waals surface area contributed by atoms with E-state index in [2.05, 4.69) is 6.58 Å². The molecule has 2 nitrogen and oxygen atoms in total. The van der Waals surface area contributed by atoms with Gasteiger partial charge < -0.3 is 9.84 Å². The van der Waals surface area contributed by atoms with E-state index in [1.165, 1.54) is 0 Å². The van der Waals surface area contributed by atoms with Gasteiger partial charge in [-0.3, -0.25) is 0 Å². The van der Waals surface area contributed by atoms with Gasteiger partial charge in [-0.25, -0.2) is 0 Å². The van der Waals surface area contributed by atoms with Crippen molar-refractivity contribution in [1.82, 2.24) is 0 Å². The number of hydrogen-bond donors (Lipinski definition) is 1. The van der Waals surface area contributed by atoms with Crippen LogP contribution < -0.4 is 0 Å². The lowest BCUT2D eigenvalue weighted by molar-refractivity contribution is 0.0503. The first-order chi connectivity index (χ1) is 7.83. The molecule has 1 N–H and O–H groups in total. The minimum atomic E-state index is -0.538. The smallest absolute Gasteiger partial charge is 0.0954 e. The van der Waals surface area contributed by atoms with E-state index in [0.29, 0.717) is 13.2 Å². The van der Waals surface area contributed by atoms with Crippen LogP contribution in [0.1, 0.15) is 12.0 Å². The molecular formula is C14H18O2. The van der Waals surface area contributed by atoms with Gasteiger partial charge in [0.1, 0.15) is 0 Å². The Labute approximate surface area is 96.9 Å². The van der Waals surface area contributed by atoms with Crippen LogP contribution in [-0.4, -0.2) is 17.8 Å². The fourth-order valence-corrected chi connectivity index (χ4v) is 1.26. The molecule has 0 saturated heterocycles. The lowest BCUT2D eigenvalue weighted by Gasteiger charge is -2.07. The predicted molar refractivity (Wildman–Crippen MR) is 66.1 cm³/mol. The van der Waals surface area contributed by atoms with Crippen LogP contribution in [0.25, 0.3) is 0 Å². The normalized spacial score (nSPS) is 12.8. The monoisotopic (exact) mass is 218 g/mol. The molecule has 0 aliphatic rings. The van der Waals surface area contributed by atoms with E-state index in [0.717, 1.165) is 12.0 Å². The molecule has 1 aromatic rings. The number of ether oxygens (including phenoxy) is 1. The Kier molecular flexibility index (Phi) is 6.23. The fourth-order valence-electron chi connectivity index (χ4n) is 1.26. The molecule has 2 heteroatoms. The highest BCUT2D eigenvalue weighted by Crippen LogP contribution is 2.01. The SMILES string of the molecule is C=CC/C=C/[C@@H](O)COCc1ccccc1. The van der Waals surface area contributed by atoms with Crippen molar-refractivity contribution < 1.29 is 9.84 Å². The van der Waals surface area contributed by atoms with E-state index in [-0.39, 0.29) is 0 Å². The molecule has 0 amide bonds. The fraction of sp³-hybridized carbons (Fsp3) is 0.286. The van der Waals surface area contributed by atoms with Crippen LogP contribution in [0.4, 0.5) is 0 Å². The van der Waals surface area contributed by atoms with Crippen LogP contribution in [0, 0.1) is 0 Å². The van der Waals surface area contributed by atoms with E-state index in [9.17, 15) is 5.11 Å². The minimum absolute atomic E-state index is 0.322. The molecule has 86 valence electrons. The van der Waals surface area contributed by atoms with E-state index < -0.39 is 6.10 Å². The van der Waals surface area contributed by atoms with Gasteiger partial charge in [0.2, 0.25) is 0 Å². The number of aliphatic hydroxyl groups is 1. The third kappa shape index (κ3) is 5.49. The number of hydrogen-bond acceptors (Lipinski definition) is 2. The van der Waals surface area contributed by atoms with E-state index >= 15 is 0 Å². The second-order valence-corrected chi connectivity index (χ2v) is 3.52. The van der Waals surface area contributed by atoms with Gasteiger partial charge in [-0.2, -0.15) is 0 Å². The molecule has 0 heterocycles. The van der Waals surface area contributed by atoms with Gasteiger partial charge in [0.05, 0.1) is 19.3 Å². The average molecular weight is 218 g/mol. The Morgan fingerprint density at radius 3 is 2.75 bits per heavy atom. The summed E-state index contributed by atoms with van der Waals surface area (Å²) in [4.78, 5) is 0. The maximum absolute atomic E-state index is 9.51.